The van der Waals surface area contributed by atoms with Crippen LogP contribution < -0.4 is 0 Å². The minimum absolute atomic E-state index is 0.172. The zero-order valence-electron chi connectivity index (χ0n) is 22.6. The van der Waals surface area contributed by atoms with Crippen LogP contribution in [0.15, 0.2) is 78.4 Å². The van der Waals surface area contributed by atoms with Crippen molar-refractivity contribution in [3.05, 3.63) is 106 Å². The van der Waals surface area contributed by atoms with Gasteiger partial charge in [-0.15, -0.1) is 0 Å². The molecule has 5 rings (SSSR count). The molecular formula is C33H39Cl2SiZr. The predicted octanol–water partition coefficient (Wildman–Crippen LogP) is 10.7. The molecule has 0 heterocycles. The molecule has 37 heavy (non-hydrogen) atoms. The van der Waals surface area contributed by atoms with Crippen molar-refractivity contribution in [3.8, 4) is 11.1 Å². The average Bonchev–Trinajstić information content (AvgIpc) is 3.51. The van der Waals surface area contributed by atoms with Crippen LogP contribution in [-0.4, -0.2) is 5.92 Å². The van der Waals surface area contributed by atoms with Gasteiger partial charge >= 0.3 is 234 Å². The third-order valence-corrected chi connectivity index (χ3v) is 60.8. The molecule has 0 fully saturated rings. The van der Waals surface area contributed by atoms with E-state index < -0.39 is 21.5 Å². The van der Waals surface area contributed by atoms with Gasteiger partial charge in [-0.25, -0.2) is 0 Å². The summed E-state index contributed by atoms with van der Waals surface area (Å²) in [6.07, 6.45) is 12.9. The van der Waals surface area contributed by atoms with Crippen LogP contribution >= 0.6 is 17.0 Å². The maximum absolute atomic E-state index is 8.27. The monoisotopic (exact) mass is 623 g/mol. The molecule has 3 aromatic rings. The zero-order chi connectivity index (χ0) is 26.2. The Morgan fingerprint density at radius 1 is 0.811 bits per heavy atom. The summed E-state index contributed by atoms with van der Waals surface area (Å²) in [6.45, 7) is 9.36. The molecule has 2 aliphatic carbocycles. The molecule has 0 bridgehead atoms. The van der Waals surface area contributed by atoms with E-state index in [9.17, 15) is 0 Å². The van der Waals surface area contributed by atoms with Crippen LogP contribution in [0.3, 0.4) is 0 Å². The van der Waals surface area contributed by atoms with Crippen molar-refractivity contribution in [2.45, 2.75) is 66.3 Å². The van der Waals surface area contributed by atoms with E-state index >= 15 is 0 Å². The Morgan fingerprint density at radius 2 is 1.54 bits per heavy atom. The van der Waals surface area contributed by atoms with Crippen molar-refractivity contribution < 1.29 is 15.6 Å². The van der Waals surface area contributed by atoms with Crippen LogP contribution in [0.5, 0.6) is 0 Å². The van der Waals surface area contributed by atoms with Crippen LogP contribution in [0, 0.1) is 0 Å². The van der Waals surface area contributed by atoms with Gasteiger partial charge in [-0.05, 0) is 0 Å². The summed E-state index contributed by atoms with van der Waals surface area (Å²) >= 11 is -4.51. The maximum atomic E-state index is 8.27. The number of aryl methyl sites for hydroxylation is 1. The van der Waals surface area contributed by atoms with Gasteiger partial charge in [0, 0.05) is 0 Å². The predicted molar refractivity (Wildman–Crippen MR) is 165 cm³/mol. The number of fused-ring (bicyclic) bond motifs is 2. The van der Waals surface area contributed by atoms with E-state index in [0.717, 1.165) is 12.8 Å². The number of halogens is 2. The molecule has 2 aliphatic rings. The quantitative estimate of drug-likeness (QED) is 0.208. The van der Waals surface area contributed by atoms with Gasteiger partial charge in [-0.3, -0.25) is 0 Å². The van der Waals surface area contributed by atoms with E-state index in [1.165, 1.54) is 63.8 Å². The fraction of sp³-hybridized carbons (Fsp3) is 0.333. The molecule has 0 spiro atoms. The summed E-state index contributed by atoms with van der Waals surface area (Å²) in [5, 5.41) is 0. The van der Waals surface area contributed by atoms with E-state index in [1.54, 1.807) is 0 Å². The standard InChI is InChI=1S/C22H25.C9H7.C2H7Si.2ClH.Zr/c1-3-5-8-18-15-20-9-6-10-21(22(20)16-18)19-13-11-17(7-4-2)12-14-19;1-2-5-9-7-3-6-8(9)4-1;1-3-2;;;/h6,9-16H,3-5,7-8H2,1-2H3;1-7H;3H,1-2H3;2*1H;/q;;;;;+2/p-2. The molecule has 0 aliphatic heterocycles. The van der Waals surface area contributed by atoms with Crippen LogP contribution in [0.4, 0.5) is 0 Å². The van der Waals surface area contributed by atoms with Gasteiger partial charge in [-0.1, -0.05) is 0 Å². The van der Waals surface area contributed by atoms with Crippen LogP contribution in [0.1, 0.15) is 74.6 Å². The average molecular weight is 626 g/mol. The van der Waals surface area contributed by atoms with Gasteiger partial charge in [0.15, 0.2) is 0 Å². The van der Waals surface area contributed by atoms with Crippen molar-refractivity contribution in [3.63, 3.8) is 0 Å². The number of unbranched alkanes of at least 4 members (excludes halogenated alkanes) is 1. The van der Waals surface area contributed by atoms with E-state index in [0.29, 0.717) is 0 Å². The number of hydrogen-bond donors (Lipinski definition) is 0. The van der Waals surface area contributed by atoms with Crippen molar-refractivity contribution >= 4 is 35.1 Å². The van der Waals surface area contributed by atoms with Gasteiger partial charge < -0.3 is 0 Å². The van der Waals surface area contributed by atoms with Crippen molar-refractivity contribution in [2.24, 2.45) is 0 Å². The topological polar surface area (TPSA) is 0 Å². The molecular weight excluding hydrogens is 587 g/mol. The minimum atomic E-state index is -4.51. The zero-order valence-corrected chi connectivity index (χ0v) is 27.7. The summed E-state index contributed by atoms with van der Waals surface area (Å²) in [6, 6.07) is 24.8. The second-order valence-electron chi connectivity index (χ2n) is 11.4. The molecule has 0 nitrogen and oxygen atoms in total. The Hall–Kier alpha value is -1.18. The van der Waals surface area contributed by atoms with Gasteiger partial charge in [-0.2, -0.15) is 0 Å². The fourth-order valence-corrected chi connectivity index (χ4v) is 36.2. The summed E-state index contributed by atoms with van der Waals surface area (Å²) < 4.78 is 0.351. The molecule has 3 aromatic carbocycles. The first-order valence-corrected chi connectivity index (χ1v) is 30.4. The van der Waals surface area contributed by atoms with Gasteiger partial charge in [0.1, 0.15) is 0 Å². The second kappa shape index (κ2) is 10.8. The number of benzene rings is 3. The Bertz CT molecular complexity index is 1350. The van der Waals surface area contributed by atoms with Gasteiger partial charge in [0.2, 0.25) is 0 Å². The van der Waals surface area contributed by atoms with E-state index in [1.807, 2.05) is 0 Å². The molecule has 0 amide bonds. The first-order valence-electron chi connectivity index (χ1n) is 14.1. The molecule has 0 N–H and O–H groups in total. The Morgan fingerprint density at radius 3 is 2.24 bits per heavy atom. The van der Waals surface area contributed by atoms with Crippen LogP contribution in [-0.2, 0) is 22.0 Å². The van der Waals surface area contributed by atoms with E-state index in [2.05, 4.69) is 112 Å². The third-order valence-electron chi connectivity index (χ3n) is 8.82. The number of rotatable bonds is 9. The normalized spacial score (nSPS) is 19.4. The Balaban J connectivity index is 1.68. The first kappa shape index (κ1) is 27.4. The molecule has 0 aromatic heterocycles. The number of allylic oxidation sites excluding steroid dienone is 2. The van der Waals surface area contributed by atoms with E-state index in [-0.39, 0.29) is 7.25 Å². The van der Waals surface area contributed by atoms with Crippen molar-refractivity contribution in [1.29, 1.82) is 0 Å². The van der Waals surface area contributed by atoms with Crippen molar-refractivity contribution in [1.82, 2.24) is 0 Å². The third kappa shape index (κ3) is 4.65. The molecule has 193 valence electrons. The molecule has 0 saturated heterocycles. The molecule has 0 radical (unpaired) electrons. The molecule has 4 heteroatoms. The summed E-state index contributed by atoms with van der Waals surface area (Å²) in [5.74, 6) is -1.47. The van der Waals surface area contributed by atoms with E-state index in [4.69, 9.17) is 17.0 Å². The van der Waals surface area contributed by atoms with Crippen LogP contribution in [0.25, 0.3) is 23.3 Å². The molecule has 0 saturated carbocycles. The van der Waals surface area contributed by atoms with Gasteiger partial charge in [0.05, 0.1) is 0 Å². The molecule has 2 unspecified atom stereocenters. The number of hydrogen-bond acceptors (Lipinski definition) is 0. The SMILES string of the molecule is CCCCC1=Cc2c(-c3ccc(CCC)cc3)cccc2[CH]1[Zr]([Cl])([Cl])([CH]1C=Cc2ccccc21)[SiH](C)C. The summed E-state index contributed by atoms with van der Waals surface area (Å²) in [5.41, 5.74) is 10.9. The Labute approximate surface area is 232 Å². The van der Waals surface area contributed by atoms with Crippen LogP contribution in [0.2, 0.25) is 13.1 Å². The summed E-state index contributed by atoms with van der Waals surface area (Å²) in [7, 11) is 16.5. The summed E-state index contributed by atoms with van der Waals surface area (Å²) in [4.78, 5) is 0. The van der Waals surface area contributed by atoms with Crippen molar-refractivity contribution in [2.75, 3.05) is 0 Å². The Kier molecular flexibility index (Phi) is 7.97. The fourth-order valence-electron chi connectivity index (χ4n) is 6.71. The first-order chi connectivity index (χ1) is 17.8. The van der Waals surface area contributed by atoms with Gasteiger partial charge in [0.25, 0.3) is 0 Å². The molecule has 2 atom stereocenters. The second-order valence-corrected chi connectivity index (χ2v) is 54.0.